The van der Waals surface area contributed by atoms with E-state index in [0.29, 0.717) is 32.4 Å². The molecule has 1 aliphatic rings. The summed E-state index contributed by atoms with van der Waals surface area (Å²) in [7, 11) is 0. The maximum absolute atomic E-state index is 10.5. The van der Waals surface area contributed by atoms with Crippen molar-refractivity contribution in [1.29, 1.82) is 0 Å². The van der Waals surface area contributed by atoms with Gasteiger partial charge in [-0.15, -0.1) is 0 Å². The van der Waals surface area contributed by atoms with Crippen LogP contribution < -0.4 is 4.90 Å². The quantitative estimate of drug-likeness (QED) is 0.717. The first-order chi connectivity index (χ1) is 7.94. The number of nitrogens with zero attached hydrogens (tertiary/aromatic N) is 2. The molecule has 2 rings (SSSR count). The molecule has 0 unspecified atom stereocenters. The Hall–Kier alpha value is -1.07. The van der Waals surface area contributed by atoms with Crippen molar-refractivity contribution in [3.8, 4) is 0 Å². The fourth-order valence-electron chi connectivity index (χ4n) is 2.37. The number of hydrogen-bond donors (Lipinski definition) is 3. The average molecular weight is 239 g/mol. The molecule has 5 heteroatoms. The fraction of sp³-hybridized carbons (Fsp3) is 0.750. The molecular weight excluding hydrogens is 218 g/mol. The van der Waals surface area contributed by atoms with Crippen molar-refractivity contribution in [1.82, 2.24) is 10.2 Å². The third-order valence-electron chi connectivity index (χ3n) is 3.63. The largest absolute Gasteiger partial charge is 0.388 e. The van der Waals surface area contributed by atoms with Crippen LogP contribution in [0.1, 0.15) is 33.1 Å². The summed E-state index contributed by atoms with van der Waals surface area (Å²) < 4.78 is 0. The number of hydrogen-bond acceptors (Lipinski definition) is 4. The molecule has 0 radical (unpaired) electrons. The van der Waals surface area contributed by atoms with Crippen molar-refractivity contribution in [2.75, 3.05) is 18.0 Å². The highest BCUT2D eigenvalue weighted by atomic mass is 16.3. The summed E-state index contributed by atoms with van der Waals surface area (Å²) in [6, 6.07) is 1.86. The van der Waals surface area contributed by atoms with Gasteiger partial charge in [-0.1, -0.05) is 6.92 Å². The van der Waals surface area contributed by atoms with Crippen molar-refractivity contribution in [3.05, 3.63) is 12.3 Å². The first-order valence-corrected chi connectivity index (χ1v) is 6.13. The van der Waals surface area contributed by atoms with E-state index in [1.54, 1.807) is 6.20 Å². The summed E-state index contributed by atoms with van der Waals surface area (Å²) in [5.41, 5.74) is -1.50. The topological polar surface area (TPSA) is 72.4 Å². The van der Waals surface area contributed by atoms with E-state index < -0.39 is 11.2 Å². The highest BCUT2D eigenvalue weighted by molar-refractivity contribution is 5.38. The smallest absolute Gasteiger partial charge is 0.124 e. The van der Waals surface area contributed by atoms with Crippen LogP contribution in [0.15, 0.2) is 12.3 Å². The number of anilines is 1. The number of nitrogens with one attached hydrogen (secondary N) is 1. The van der Waals surface area contributed by atoms with E-state index in [1.165, 1.54) is 0 Å². The summed E-state index contributed by atoms with van der Waals surface area (Å²) in [5, 5.41) is 27.5. The molecule has 0 aromatic carbocycles. The van der Waals surface area contributed by atoms with Crippen molar-refractivity contribution in [2.24, 2.45) is 0 Å². The van der Waals surface area contributed by atoms with Crippen LogP contribution >= 0.6 is 0 Å². The van der Waals surface area contributed by atoms with Gasteiger partial charge in [-0.05, 0) is 26.2 Å². The molecular formula is C12H21N3O2. The van der Waals surface area contributed by atoms with Crippen LogP contribution in [0.3, 0.4) is 0 Å². The number of H-pyrrole nitrogens is 1. The molecule has 0 bridgehead atoms. The van der Waals surface area contributed by atoms with Gasteiger partial charge < -0.3 is 15.1 Å². The highest BCUT2D eigenvalue weighted by Gasteiger charge is 2.37. The second-order valence-electron chi connectivity index (χ2n) is 5.37. The Morgan fingerprint density at radius 2 is 2.18 bits per heavy atom. The van der Waals surface area contributed by atoms with Gasteiger partial charge in [0.25, 0.3) is 0 Å². The van der Waals surface area contributed by atoms with Gasteiger partial charge in [-0.3, -0.25) is 5.10 Å². The Bertz CT molecular complexity index is 364. The van der Waals surface area contributed by atoms with Gasteiger partial charge in [-0.2, -0.15) is 5.10 Å². The second kappa shape index (κ2) is 4.31. The van der Waals surface area contributed by atoms with Gasteiger partial charge in [0.15, 0.2) is 0 Å². The molecule has 0 saturated carbocycles. The summed E-state index contributed by atoms with van der Waals surface area (Å²) in [6.45, 7) is 4.84. The fourth-order valence-corrected chi connectivity index (χ4v) is 2.37. The molecule has 0 aliphatic carbocycles. The molecule has 1 fully saturated rings. The molecule has 5 nitrogen and oxygen atoms in total. The predicted molar refractivity (Wildman–Crippen MR) is 65.9 cm³/mol. The van der Waals surface area contributed by atoms with Crippen molar-refractivity contribution in [2.45, 2.75) is 44.3 Å². The lowest BCUT2D eigenvalue weighted by Crippen LogP contribution is -2.44. The molecule has 1 saturated heterocycles. The standard InChI is InChI=1S/C12H21N3O2/c1-3-12(17)6-5-11(2,16)8-15(9-12)10-4-7-13-14-10/h4,7,16-17H,3,5-6,8-9H2,1-2H3,(H,13,14)/t11-,12+/m1/s1. The highest BCUT2D eigenvalue weighted by Crippen LogP contribution is 2.30. The summed E-state index contributed by atoms with van der Waals surface area (Å²) in [6.07, 6.45) is 3.61. The Morgan fingerprint density at radius 1 is 1.41 bits per heavy atom. The molecule has 0 amide bonds. The Balaban J connectivity index is 2.24. The van der Waals surface area contributed by atoms with E-state index in [-0.39, 0.29) is 0 Å². The molecule has 17 heavy (non-hydrogen) atoms. The molecule has 2 heterocycles. The Morgan fingerprint density at radius 3 is 2.76 bits per heavy atom. The van der Waals surface area contributed by atoms with E-state index in [4.69, 9.17) is 0 Å². The summed E-state index contributed by atoms with van der Waals surface area (Å²) in [5.74, 6) is 0.846. The van der Waals surface area contributed by atoms with Gasteiger partial charge in [-0.25, -0.2) is 0 Å². The lowest BCUT2D eigenvalue weighted by atomic mass is 9.91. The molecule has 0 spiro atoms. The van der Waals surface area contributed by atoms with Crippen LogP contribution in [0, 0.1) is 0 Å². The lowest BCUT2D eigenvalue weighted by molar-refractivity contribution is 0.0145. The number of rotatable bonds is 2. The van der Waals surface area contributed by atoms with Crippen LogP contribution in [0.25, 0.3) is 0 Å². The zero-order valence-corrected chi connectivity index (χ0v) is 10.5. The SMILES string of the molecule is CC[C@]1(O)CC[C@@](C)(O)CN(c2ccn[nH]2)C1. The minimum absolute atomic E-state index is 0.511. The average Bonchev–Trinajstić information content (AvgIpc) is 2.75. The molecule has 1 aliphatic heterocycles. The third-order valence-corrected chi connectivity index (χ3v) is 3.63. The predicted octanol–water partition coefficient (Wildman–Crippen LogP) is 0.902. The molecule has 96 valence electrons. The molecule has 3 N–H and O–H groups in total. The normalized spacial score (nSPS) is 34.7. The van der Waals surface area contributed by atoms with Crippen LogP contribution in [-0.4, -0.2) is 44.7 Å². The molecule has 1 aromatic rings. The van der Waals surface area contributed by atoms with Gasteiger partial charge in [0.1, 0.15) is 5.82 Å². The van der Waals surface area contributed by atoms with Crippen LogP contribution in [0.5, 0.6) is 0 Å². The zero-order chi connectivity index (χ0) is 12.5. The third kappa shape index (κ3) is 2.79. The van der Waals surface area contributed by atoms with Gasteiger partial charge in [0.05, 0.1) is 17.4 Å². The Labute approximate surface area is 101 Å². The minimum Gasteiger partial charge on any atom is -0.388 e. The first kappa shape index (κ1) is 12.4. The zero-order valence-electron chi connectivity index (χ0n) is 10.5. The van der Waals surface area contributed by atoms with Crippen molar-refractivity contribution in [3.63, 3.8) is 0 Å². The van der Waals surface area contributed by atoms with Crippen molar-refractivity contribution < 1.29 is 10.2 Å². The van der Waals surface area contributed by atoms with Crippen molar-refractivity contribution >= 4 is 5.82 Å². The Kier molecular flexibility index (Phi) is 3.14. The van der Waals surface area contributed by atoms with E-state index >= 15 is 0 Å². The van der Waals surface area contributed by atoms with Gasteiger partial charge in [0, 0.05) is 19.2 Å². The maximum Gasteiger partial charge on any atom is 0.124 e. The van der Waals surface area contributed by atoms with Crippen LogP contribution in [0.2, 0.25) is 0 Å². The van der Waals surface area contributed by atoms with E-state index in [0.717, 1.165) is 5.82 Å². The number of aromatic nitrogens is 2. The van der Waals surface area contributed by atoms with Crippen LogP contribution in [-0.2, 0) is 0 Å². The monoisotopic (exact) mass is 239 g/mol. The van der Waals surface area contributed by atoms with Crippen LogP contribution in [0.4, 0.5) is 5.82 Å². The van der Waals surface area contributed by atoms with Gasteiger partial charge in [0.2, 0.25) is 0 Å². The number of β-amino-alcohol motifs (C(OH)–C–C–N with tert-alkyl or cyclic N) is 2. The summed E-state index contributed by atoms with van der Waals surface area (Å²) in [4.78, 5) is 1.98. The second-order valence-corrected chi connectivity index (χ2v) is 5.37. The summed E-state index contributed by atoms with van der Waals surface area (Å²) >= 11 is 0. The molecule has 1 aromatic heterocycles. The number of aromatic amines is 1. The van der Waals surface area contributed by atoms with E-state index in [1.807, 2.05) is 24.8 Å². The van der Waals surface area contributed by atoms with Gasteiger partial charge >= 0.3 is 0 Å². The van der Waals surface area contributed by atoms with E-state index in [2.05, 4.69) is 10.2 Å². The maximum atomic E-state index is 10.5. The first-order valence-electron chi connectivity index (χ1n) is 6.13. The lowest BCUT2D eigenvalue weighted by Gasteiger charge is -2.32. The minimum atomic E-state index is -0.773. The van der Waals surface area contributed by atoms with E-state index in [9.17, 15) is 10.2 Å². The molecule has 2 atom stereocenters. The number of aliphatic hydroxyl groups is 2.